The minimum Gasteiger partial charge on any atom is -0.381 e. The van der Waals surface area contributed by atoms with Gasteiger partial charge in [-0.15, -0.1) is 0 Å². The summed E-state index contributed by atoms with van der Waals surface area (Å²) in [5.41, 5.74) is 2.18. The van der Waals surface area contributed by atoms with E-state index < -0.39 is 0 Å². The molecule has 0 aromatic carbocycles. The number of allylic oxidation sites excluding steroid dienone is 4. The molecule has 0 amide bonds. The third-order valence-electron chi connectivity index (χ3n) is 2.21. The average molecular weight is 162 g/mol. The molecule has 1 aliphatic carbocycles. The second kappa shape index (κ2) is 3.44. The molecule has 1 atom stereocenters. The van der Waals surface area contributed by atoms with Crippen LogP contribution in [0.2, 0.25) is 0 Å². The molecule has 1 aliphatic rings. The molecule has 0 N–H and O–H groups in total. The summed E-state index contributed by atoms with van der Waals surface area (Å²) in [6, 6.07) is 2.21. The summed E-state index contributed by atoms with van der Waals surface area (Å²) in [6.07, 6.45) is 4.93. The smallest absolute Gasteiger partial charge is 0.0950 e. The van der Waals surface area contributed by atoms with Crippen LogP contribution in [0.3, 0.4) is 0 Å². The van der Waals surface area contributed by atoms with E-state index in [2.05, 4.69) is 17.9 Å². The first kappa shape index (κ1) is 8.86. The van der Waals surface area contributed by atoms with Crippen molar-refractivity contribution < 1.29 is 0 Å². The number of hydrogen-bond donors (Lipinski definition) is 0. The molecule has 0 aromatic rings. The zero-order valence-electron chi connectivity index (χ0n) is 7.83. The predicted molar refractivity (Wildman–Crippen MR) is 49.2 cm³/mol. The van der Waals surface area contributed by atoms with Gasteiger partial charge in [0, 0.05) is 25.4 Å². The lowest BCUT2D eigenvalue weighted by Gasteiger charge is -2.23. The lowest BCUT2D eigenvalue weighted by Crippen LogP contribution is -2.16. The van der Waals surface area contributed by atoms with E-state index >= 15 is 0 Å². The van der Waals surface area contributed by atoms with Crippen LogP contribution in [0.25, 0.3) is 0 Å². The highest BCUT2D eigenvalue weighted by molar-refractivity contribution is 5.33. The molecular formula is C10H14N2. The molecule has 1 rings (SSSR count). The first-order chi connectivity index (χ1) is 5.65. The van der Waals surface area contributed by atoms with Crippen LogP contribution >= 0.6 is 0 Å². The lowest BCUT2D eigenvalue weighted by atomic mass is 9.92. The van der Waals surface area contributed by atoms with Crippen LogP contribution in [-0.2, 0) is 0 Å². The highest BCUT2D eigenvalue weighted by Gasteiger charge is 2.15. The van der Waals surface area contributed by atoms with Gasteiger partial charge in [0.1, 0.15) is 0 Å². The molecule has 0 heterocycles. The number of hydrogen-bond acceptors (Lipinski definition) is 2. The summed E-state index contributed by atoms with van der Waals surface area (Å²) in [7, 11) is 4.06. The van der Waals surface area contributed by atoms with Gasteiger partial charge in [-0.3, -0.25) is 0 Å². The van der Waals surface area contributed by atoms with Gasteiger partial charge in [0.15, 0.2) is 0 Å². The summed E-state index contributed by atoms with van der Waals surface area (Å²) in [5.74, 6) is 0.373. The molecule has 0 saturated carbocycles. The SMILES string of the molecule is CC1CC(N(C)C)=CC=C1C#N. The molecule has 0 radical (unpaired) electrons. The van der Waals surface area contributed by atoms with Gasteiger partial charge >= 0.3 is 0 Å². The van der Waals surface area contributed by atoms with E-state index in [9.17, 15) is 0 Å². The largest absolute Gasteiger partial charge is 0.381 e. The Morgan fingerprint density at radius 1 is 1.50 bits per heavy atom. The van der Waals surface area contributed by atoms with Gasteiger partial charge in [-0.05, 0) is 24.5 Å². The minimum absolute atomic E-state index is 0.373. The maximum absolute atomic E-state index is 8.73. The lowest BCUT2D eigenvalue weighted by molar-refractivity contribution is 0.457. The Morgan fingerprint density at radius 3 is 2.58 bits per heavy atom. The maximum atomic E-state index is 8.73. The van der Waals surface area contributed by atoms with E-state index in [1.165, 1.54) is 5.70 Å². The van der Waals surface area contributed by atoms with Crippen molar-refractivity contribution in [2.24, 2.45) is 5.92 Å². The Kier molecular flexibility index (Phi) is 2.54. The number of nitriles is 1. The number of nitrogens with zero attached hydrogens (tertiary/aromatic N) is 2. The van der Waals surface area contributed by atoms with E-state index in [0.29, 0.717) is 5.92 Å². The molecule has 64 valence electrons. The zero-order chi connectivity index (χ0) is 9.14. The third-order valence-corrected chi connectivity index (χ3v) is 2.21. The van der Waals surface area contributed by atoms with Crippen molar-refractivity contribution in [3.8, 4) is 6.07 Å². The van der Waals surface area contributed by atoms with Crippen LogP contribution in [0.15, 0.2) is 23.4 Å². The summed E-state index contributed by atoms with van der Waals surface area (Å²) in [6.45, 7) is 2.09. The molecular weight excluding hydrogens is 148 g/mol. The fourth-order valence-corrected chi connectivity index (χ4v) is 1.32. The molecule has 0 bridgehead atoms. The van der Waals surface area contributed by atoms with Gasteiger partial charge in [-0.1, -0.05) is 6.92 Å². The van der Waals surface area contributed by atoms with E-state index in [1.54, 1.807) is 0 Å². The second-order valence-electron chi connectivity index (χ2n) is 3.39. The first-order valence-electron chi connectivity index (χ1n) is 4.13. The van der Waals surface area contributed by atoms with Crippen molar-refractivity contribution in [1.82, 2.24) is 4.90 Å². The molecule has 2 nitrogen and oxygen atoms in total. The van der Waals surface area contributed by atoms with E-state index in [1.807, 2.05) is 26.2 Å². The van der Waals surface area contributed by atoms with Gasteiger partial charge in [0.05, 0.1) is 6.07 Å². The Morgan fingerprint density at radius 2 is 2.17 bits per heavy atom. The van der Waals surface area contributed by atoms with E-state index in [-0.39, 0.29) is 0 Å². The van der Waals surface area contributed by atoms with Crippen molar-refractivity contribution in [3.05, 3.63) is 23.4 Å². The molecule has 1 unspecified atom stereocenters. The summed E-state index contributed by atoms with van der Waals surface area (Å²) in [5, 5.41) is 8.73. The minimum atomic E-state index is 0.373. The zero-order valence-corrected chi connectivity index (χ0v) is 7.83. The summed E-state index contributed by atoms with van der Waals surface area (Å²) in [4.78, 5) is 2.10. The average Bonchev–Trinajstić information content (AvgIpc) is 2.04. The molecule has 2 heteroatoms. The Labute approximate surface area is 73.8 Å². The van der Waals surface area contributed by atoms with Crippen molar-refractivity contribution in [2.75, 3.05) is 14.1 Å². The van der Waals surface area contributed by atoms with Crippen LogP contribution in [0, 0.1) is 17.2 Å². The van der Waals surface area contributed by atoms with Crippen molar-refractivity contribution in [3.63, 3.8) is 0 Å². The van der Waals surface area contributed by atoms with Crippen LogP contribution in [0.5, 0.6) is 0 Å². The standard InChI is InChI=1S/C10H14N2/c1-8-6-10(12(2)3)5-4-9(8)7-11/h4-5,8H,6H2,1-3H3. The van der Waals surface area contributed by atoms with Crippen molar-refractivity contribution in [2.45, 2.75) is 13.3 Å². The Bertz CT molecular complexity index is 266. The predicted octanol–water partition coefficient (Wildman–Crippen LogP) is 1.92. The van der Waals surface area contributed by atoms with Gasteiger partial charge in [0.2, 0.25) is 0 Å². The van der Waals surface area contributed by atoms with Gasteiger partial charge in [-0.2, -0.15) is 5.26 Å². The van der Waals surface area contributed by atoms with Crippen LogP contribution in [0.4, 0.5) is 0 Å². The fraction of sp³-hybridized carbons (Fsp3) is 0.500. The third kappa shape index (κ3) is 1.68. The maximum Gasteiger partial charge on any atom is 0.0950 e. The van der Waals surface area contributed by atoms with Crippen LogP contribution in [0.1, 0.15) is 13.3 Å². The second-order valence-corrected chi connectivity index (χ2v) is 3.39. The monoisotopic (exact) mass is 162 g/mol. The highest BCUT2D eigenvalue weighted by Crippen LogP contribution is 2.24. The van der Waals surface area contributed by atoms with Gasteiger partial charge in [0.25, 0.3) is 0 Å². The quantitative estimate of drug-likeness (QED) is 0.589. The Hall–Kier alpha value is -1.23. The number of rotatable bonds is 1. The summed E-state index contributed by atoms with van der Waals surface area (Å²) >= 11 is 0. The molecule has 0 spiro atoms. The molecule has 0 saturated heterocycles. The van der Waals surface area contributed by atoms with Crippen LogP contribution < -0.4 is 0 Å². The van der Waals surface area contributed by atoms with Gasteiger partial charge < -0.3 is 4.90 Å². The van der Waals surface area contributed by atoms with E-state index in [0.717, 1.165) is 12.0 Å². The van der Waals surface area contributed by atoms with Crippen molar-refractivity contribution >= 4 is 0 Å². The molecule has 0 aliphatic heterocycles. The molecule has 0 aromatic heterocycles. The van der Waals surface area contributed by atoms with Gasteiger partial charge in [-0.25, -0.2) is 0 Å². The first-order valence-corrected chi connectivity index (χ1v) is 4.13. The highest BCUT2D eigenvalue weighted by atomic mass is 15.1. The molecule has 0 fully saturated rings. The van der Waals surface area contributed by atoms with E-state index in [4.69, 9.17) is 5.26 Å². The van der Waals surface area contributed by atoms with Crippen molar-refractivity contribution in [1.29, 1.82) is 5.26 Å². The fourth-order valence-electron chi connectivity index (χ4n) is 1.32. The topological polar surface area (TPSA) is 27.0 Å². The molecule has 12 heavy (non-hydrogen) atoms. The van der Waals surface area contributed by atoms with Crippen LogP contribution in [-0.4, -0.2) is 19.0 Å². The normalized spacial score (nSPS) is 22.3. The Balaban J connectivity index is 2.83. The summed E-state index contributed by atoms with van der Waals surface area (Å²) < 4.78 is 0.